The van der Waals surface area contributed by atoms with Gasteiger partial charge in [0.2, 0.25) is 0 Å². The zero-order valence-corrected chi connectivity index (χ0v) is 13.3. The number of benzene rings is 1. The van der Waals surface area contributed by atoms with Crippen LogP contribution in [-0.4, -0.2) is 32.1 Å². The first kappa shape index (κ1) is 16.0. The smallest absolute Gasteiger partial charge is 0.124 e. The number of halogens is 1. The van der Waals surface area contributed by atoms with Crippen molar-refractivity contribution in [2.24, 2.45) is 5.73 Å². The second-order valence-corrected chi connectivity index (χ2v) is 5.43. The molecule has 106 valence electrons. The van der Waals surface area contributed by atoms with Crippen molar-refractivity contribution in [2.45, 2.75) is 26.3 Å². The molecule has 0 aliphatic carbocycles. The van der Waals surface area contributed by atoms with E-state index in [0.717, 1.165) is 28.7 Å². The summed E-state index contributed by atoms with van der Waals surface area (Å²) in [6, 6.07) is 6.24. The Labute approximate surface area is 123 Å². The monoisotopic (exact) mass is 327 g/mol. The molecule has 0 saturated heterocycles. The van der Waals surface area contributed by atoms with Gasteiger partial charge < -0.3 is 15.4 Å². The number of nitrogen functional groups attached to an aromatic ring is 1. The third-order valence-electron chi connectivity index (χ3n) is 3.22. The molecule has 0 spiro atoms. The van der Waals surface area contributed by atoms with Crippen molar-refractivity contribution in [3.8, 4) is 0 Å². The molecule has 0 amide bonds. The van der Waals surface area contributed by atoms with Gasteiger partial charge in [0.25, 0.3) is 0 Å². The highest BCUT2D eigenvalue weighted by Crippen LogP contribution is 2.26. The van der Waals surface area contributed by atoms with E-state index in [9.17, 15) is 0 Å². The van der Waals surface area contributed by atoms with Gasteiger partial charge in [-0.15, -0.1) is 0 Å². The van der Waals surface area contributed by atoms with E-state index in [1.54, 1.807) is 7.11 Å². The van der Waals surface area contributed by atoms with Gasteiger partial charge in [0.05, 0.1) is 6.61 Å². The van der Waals surface area contributed by atoms with Crippen molar-refractivity contribution in [1.29, 1.82) is 5.41 Å². The molecule has 1 aromatic carbocycles. The van der Waals surface area contributed by atoms with Gasteiger partial charge in [-0.3, -0.25) is 5.41 Å². The van der Waals surface area contributed by atoms with Gasteiger partial charge in [0.15, 0.2) is 0 Å². The van der Waals surface area contributed by atoms with Crippen LogP contribution < -0.4 is 10.6 Å². The molecule has 0 radical (unpaired) electrons. The first-order valence-electron chi connectivity index (χ1n) is 6.40. The van der Waals surface area contributed by atoms with E-state index in [4.69, 9.17) is 15.9 Å². The van der Waals surface area contributed by atoms with E-state index in [0.29, 0.717) is 12.6 Å². The fourth-order valence-electron chi connectivity index (χ4n) is 1.96. The van der Waals surface area contributed by atoms with Gasteiger partial charge in [0.1, 0.15) is 5.84 Å². The summed E-state index contributed by atoms with van der Waals surface area (Å²) in [4.78, 5) is 2.24. The van der Waals surface area contributed by atoms with Crippen molar-refractivity contribution >= 4 is 27.5 Å². The van der Waals surface area contributed by atoms with E-state index in [2.05, 4.69) is 34.7 Å². The van der Waals surface area contributed by atoms with Crippen LogP contribution in [0.4, 0.5) is 5.69 Å². The summed E-state index contributed by atoms with van der Waals surface area (Å²) < 4.78 is 6.10. The topological polar surface area (TPSA) is 62.3 Å². The fourth-order valence-corrected chi connectivity index (χ4v) is 2.32. The number of nitrogens with zero attached hydrogens (tertiary/aromatic N) is 1. The Hall–Kier alpha value is -1.07. The number of methoxy groups -OCH3 is 1. The molecule has 19 heavy (non-hydrogen) atoms. The van der Waals surface area contributed by atoms with Crippen LogP contribution in [-0.2, 0) is 4.74 Å². The Kier molecular flexibility index (Phi) is 6.31. The zero-order chi connectivity index (χ0) is 14.4. The Morgan fingerprint density at radius 3 is 2.74 bits per heavy atom. The van der Waals surface area contributed by atoms with Crippen molar-refractivity contribution < 1.29 is 4.74 Å². The van der Waals surface area contributed by atoms with E-state index in [1.165, 1.54) is 0 Å². The second kappa shape index (κ2) is 7.50. The standard InChI is InChI=1S/C14H22BrN3O/c1-4-10(2)18(7-8-19-3)13-6-5-11(15)9-12(13)14(16)17/h5-6,9-10H,4,7-8H2,1-3H3,(H3,16,17). The molecular formula is C14H22BrN3O. The first-order chi connectivity index (χ1) is 9.01. The van der Waals surface area contributed by atoms with Crippen LogP contribution in [0.3, 0.4) is 0 Å². The molecule has 1 rings (SSSR count). The van der Waals surface area contributed by atoms with Crippen LogP contribution in [0, 0.1) is 5.41 Å². The number of nitrogens with two attached hydrogens (primary N) is 1. The third kappa shape index (κ3) is 4.21. The number of amidine groups is 1. The van der Waals surface area contributed by atoms with Gasteiger partial charge in [-0.2, -0.15) is 0 Å². The van der Waals surface area contributed by atoms with Gasteiger partial charge in [0, 0.05) is 35.4 Å². The number of anilines is 1. The molecule has 3 N–H and O–H groups in total. The SMILES string of the molecule is CCC(C)N(CCOC)c1ccc(Br)cc1C(=N)N. The summed E-state index contributed by atoms with van der Waals surface area (Å²) in [7, 11) is 1.70. The van der Waals surface area contributed by atoms with Gasteiger partial charge in [-0.1, -0.05) is 22.9 Å². The lowest BCUT2D eigenvalue weighted by atomic mass is 10.1. The van der Waals surface area contributed by atoms with Crippen LogP contribution in [0.15, 0.2) is 22.7 Å². The molecule has 1 atom stereocenters. The second-order valence-electron chi connectivity index (χ2n) is 4.52. The lowest BCUT2D eigenvalue weighted by Crippen LogP contribution is -2.37. The van der Waals surface area contributed by atoms with Crippen molar-refractivity contribution in [3.63, 3.8) is 0 Å². The summed E-state index contributed by atoms with van der Waals surface area (Å²) >= 11 is 3.43. The molecule has 0 aliphatic rings. The molecule has 1 unspecified atom stereocenters. The van der Waals surface area contributed by atoms with E-state index < -0.39 is 0 Å². The van der Waals surface area contributed by atoms with Crippen LogP contribution in [0.1, 0.15) is 25.8 Å². The minimum Gasteiger partial charge on any atom is -0.384 e. The average molecular weight is 328 g/mol. The average Bonchev–Trinajstić information content (AvgIpc) is 2.39. The lowest BCUT2D eigenvalue weighted by Gasteiger charge is -2.32. The van der Waals surface area contributed by atoms with Crippen molar-refractivity contribution in [3.05, 3.63) is 28.2 Å². The number of ether oxygens (including phenoxy) is 1. The third-order valence-corrected chi connectivity index (χ3v) is 3.71. The Morgan fingerprint density at radius 1 is 1.53 bits per heavy atom. The maximum Gasteiger partial charge on any atom is 0.124 e. The van der Waals surface area contributed by atoms with Crippen molar-refractivity contribution in [2.75, 3.05) is 25.2 Å². The molecule has 0 fully saturated rings. The highest BCUT2D eigenvalue weighted by Gasteiger charge is 2.17. The van der Waals surface area contributed by atoms with Crippen LogP contribution in [0.5, 0.6) is 0 Å². The summed E-state index contributed by atoms with van der Waals surface area (Å²) in [5.74, 6) is 0.0852. The summed E-state index contributed by atoms with van der Waals surface area (Å²) in [5, 5.41) is 7.74. The van der Waals surface area contributed by atoms with Crippen LogP contribution in [0.2, 0.25) is 0 Å². The Morgan fingerprint density at radius 2 is 2.21 bits per heavy atom. The zero-order valence-electron chi connectivity index (χ0n) is 11.7. The maximum atomic E-state index is 7.74. The predicted octanol–water partition coefficient (Wildman–Crippen LogP) is 2.98. The lowest BCUT2D eigenvalue weighted by molar-refractivity contribution is 0.203. The molecule has 0 saturated carbocycles. The molecule has 0 heterocycles. The minimum absolute atomic E-state index is 0.0852. The van der Waals surface area contributed by atoms with E-state index in [-0.39, 0.29) is 5.84 Å². The number of rotatable bonds is 7. The Bertz CT molecular complexity index is 437. The fraction of sp³-hybridized carbons (Fsp3) is 0.500. The number of hydrogen-bond donors (Lipinski definition) is 2. The normalized spacial score (nSPS) is 12.2. The molecular weight excluding hydrogens is 306 g/mol. The van der Waals surface area contributed by atoms with Gasteiger partial charge >= 0.3 is 0 Å². The molecule has 5 heteroatoms. The summed E-state index contributed by atoms with van der Waals surface area (Å²) in [6.07, 6.45) is 1.02. The van der Waals surface area contributed by atoms with E-state index in [1.807, 2.05) is 18.2 Å². The van der Waals surface area contributed by atoms with Gasteiger partial charge in [-0.05, 0) is 31.5 Å². The molecule has 0 bridgehead atoms. The molecule has 4 nitrogen and oxygen atoms in total. The largest absolute Gasteiger partial charge is 0.384 e. The quantitative estimate of drug-likeness (QED) is 0.597. The van der Waals surface area contributed by atoms with Gasteiger partial charge in [-0.25, -0.2) is 0 Å². The minimum atomic E-state index is 0.0852. The molecule has 0 aliphatic heterocycles. The highest BCUT2D eigenvalue weighted by molar-refractivity contribution is 9.10. The van der Waals surface area contributed by atoms with Crippen LogP contribution in [0.25, 0.3) is 0 Å². The molecule has 0 aromatic heterocycles. The molecule has 1 aromatic rings. The van der Waals surface area contributed by atoms with Crippen molar-refractivity contribution in [1.82, 2.24) is 0 Å². The maximum absolute atomic E-state index is 7.74. The summed E-state index contributed by atoms with van der Waals surface area (Å²) in [5.41, 5.74) is 7.44. The number of nitrogens with one attached hydrogen (secondary N) is 1. The van der Waals surface area contributed by atoms with E-state index >= 15 is 0 Å². The Balaban J connectivity index is 3.17. The predicted molar refractivity (Wildman–Crippen MR) is 84.1 cm³/mol. The summed E-state index contributed by atoms with van der Waals surface area (Å²) in [6.45, 7) is 5.75. The first-order valence-corrected chi connectivity index (χ1v) is 7.20. The van der Waals surface area contributed by atoms with Crippen LogP contribution >= 0.6 is 15.9 Å². The number of hydrogen-bond acceptors (Lipinski definition) is 3. The highest BCUT2D eigenvalue weighted by atomic mass is 79.9.